The van der Waals surface area contributed by atoms with E-state index < -0.39 is 0 Å². The molecule has 0 N–H and O–H groups in total. The van der Waals surface area contributed by atoms with Crippen LogP contribution in [0.3, 0.4) is 0 Å². The molecule has 2 saturated heterocycles. The summed E-state index contributed by atoms with van der Waals surface area (Å²) < 4.78 is 6.10. The fourth-order valence-corrected chi connectivity index (χ4v) is 4.72. The smallest absolute Gasteiger partial charge is 0.299 e. The summed E-state index contributed by atoms with van der Waals surface area (Å²) in [5.41, 5.74) is 3.90. The van der Waals surface area contributed by atoms with Crippen LogP contribution in [-0.4, -0.2) is 52.9 Å². The molecule has 2 aromatic heterocycles. The molecular weight excluding hydrogens is 376 g/mol. The third-order valence-corrected chi connectivity index (χ3v) is 6.48. The number of hydrogen-bond acceptors (Lipinski definition) is 6. The molecule has 3 aromatic rings. The fourth-order valence-electron chi connectivity index (χ4n) is 4.72. The van der Waals surface area contributed by atoms with Crippen LogP contribution in [0.15, 0.2) is 40.9 Å². The van der Waals surface area contributed by atoms with Gasteiger partial charge in [0.2, 0.25) is 5.65 Å². The average Bonchev–Trinajstić information content (AvgIpc) is 3.23. The van der Waals surface area contributed by atoms with Crippen LogP contribution in [0.1, 0.15) is 49.4 Å². The highest BCUT2D eigenvalue weighted by molar-refractivity contribution is 5.95. The average molecular weight is 405 g/mol. The van der Waals surface area contributed by atoms with Gasteiger partial charge in [0.1, 0.15) is 0 Å². The van der Waals surface area contributed by atoms with Gasteiger partial charge in [0, 0.05) is 36.5 Å². The second-order valence-electron chi connectivity index (χ2n) is 8.49. The summed E-state index contributed by atoms with van der Waals surface area (Å²) in [7, 11) is 0. The van der Waals surface area contributed by atoms with E-state index in [-0.39, 0.29) is 5.78 Å². The first-order valence-electron chi connectivity index (χ1n) is 11.0. The Hall–Kier alpha value is -2.73. The molecule has 2 aliphatic rings. The fraction of sp³-hybridized carbons (Fsp3) is 0.458. The number of likely N-dealkylation sites (tertiary alicyclic amines) is 1. The van der Waals surface area contributed by atoms with Gasteiger partial charge in [-0.05, 0) is 63.4 Å². The number of ketones is 1. The van der Waals surface area contributed by atoms with Gasteiger partial charge in [0.05, 0.1) is 0 Å². The van der Waals surface area contributed by atoms with Crippen molar-refractivity contribution in [2.75, 3.05) is 31.1 Å². The van der Waals surface area contributed by atoms with E-state index in [1.54, 1.807) is 13.1 Å². The Morgan fingerprint density at radius 3 is 2.60 bits per heavy atom. The zero-order valence-corrected chi connectivity index (χ0v) is 17.5. The summed E-state index contributed by atoms with van der Waals surface area (Å²) in [4.78, 5) is 25.8. The van der Waals surface area contributed by atoms with Crippen molar-refractivity contribution in [3.8, 4) is 11.1 Å². The number of piperidine rings is 2. The molecule has 0 amide bonds. The molecule has 0 bridgehead atoms. The molecule has 0 radical (unpaired) electrons. The lowest BCUT2D eigenvalue weighted by atomic mass is 10.0. The Balaban J connectivity index is 1.32. The van der Waals surface area contributed by atoms with E-state index in [1.807, 2.05) is 30.3 Å². The number of hydrogen-bond donors (Lipinski definition) is 0. The van der Waals surface area contributed by atoms with Gasteiger partial charge >= 0.3 is 0 Å². The molecule has 0 saturated carbocycles. The number of fused-ring (bicyclic) bond motifs is 1. The Bertz CT molecular complexity index is 1050. The highest BCUT2D eigenvalue weighted by Crippen LogP contribution is 2.29. The molecule has 2 aliphatic heterocycles. The summed E-state index contributed by atoms with van der Waals surface area (Å²) in [6.07, 6.45) is 8.19. The van der Waals surface area contributed by atoms with Gasteiger partial charge in [-0.25, -0.2) is 4.98 Å². The first-order chi connectivity index (χ1) is 14.7. The lowest BCUT2D eigenvalue weighted by molar-refractivity contribution is 0.101. The van der Waals surface area contributed by atoms with Crippen LogP contribution in [0.25, 0.3) is 22.4 Å². The van der Waals surface area contributed by atoms with Gasteiger partial charge in [0.15, 0.2) is 11.4 Å². The van der Waals surface area contributed by atoms with Crippen molar-refractivity contribution in [1.82, 2.24) is 14.9 Å². The second-order valence-corrected chi connectivity index (χ2v) is 8.49. The predicted octanol–water partition coefficient (Wildman–Crippen LogP) is 4.55. The number of aromatic nitrogens is 2. The Labute approximate surface area is 176 Å². The summed E-state index contributed by atoms with van der Waals surface area (Å²) in [6, 6.07) is 10.9. The number of rotatable bonds is 4. The van der Waals surface area contributed by atoms with E-state index in [9.17, 15) is 4.79 Å². The zero-order valence-electron chi connectivity index (χ0n) is 17.5. The molecule has 6 heteroatoms. The van der Waals surface area contributed by atoms with E-state index in [0.717, 1.165) is 37.1 Å². The minimum atomic E-state index is 0.0563. The summed E-state index contributed by atoms with van der Waals surface area (Å²) in [5.74, 6) is 0.0563. The van der Waals surface area contributed by atoms with Gasteiger partial charge in [-0.2, -0.15) is 4.98 Å². The molecule has 1 aromatic carbocycles. The van der Waals surface area contributed by atoms with Crippen molar-refractivity contribution < 1.29 is 9.21 Å². The predicted molar refractivity (Wildman–Crippen MR) is 118 cm³/mol. The Morgan fingerprint density at radius 1 is 1.03 bits per heavy atom. The lowest BCUT2D eigenvalue weighted by Gasteiger charge is -2.39. The topological polar surface area (TPSA) is 62.5 Å². The third kappa shape index (κ3) is 3.84. The van der Waals surface area contributed by atoms with E-state index >= 15 is 0 Å². The molecule has 4 heterocycles. The first-order valence-corrected chi connectivity index (χ1v) is 11.0. The van der Waals surface area contributed by atoms with Gasteiger partial charge < -0.3 is 14.2 Å². The number of anilines is 1. The molecule has 0 spiro atoms. The van der Waals surface area contributed by atoms with E-state index in [4.69, 9.17) is 4.42 Å². The maximum Gasteiger partial charge on any atom is 0.299 e. The highest BCUT2D eigenvalue weighted by atomic mass is 16.4. The summed E-state index contributed by atoms with van der Waals surface area (Å²) >= 11 is 0. The van der Waals surface area contributed by atoms with Crippen LogP contribution >= 0.6 is 0 Å². The number of carbonyl (C=O) groups is 1. The first kappa shape index (κ1) is 19.2. The highest BCUT2D eigenvalue weighted by Gasteiger charge is 2.27. The van der Waals surface area contributed by atoms with Crippen LogP contribution in [0, 0.1) is 0 Å². The standard InChI is InChI=1S/C24H28N4O2/c1-17(29)18-6-5-7-19(14-18)20-15-22-23(25-16-20)26-24(30-22)28-12-8-21(9-13-28)27-10-3-2-4-11-27/h5-7,14-16,21H,2-4,8-13H2,1H3. The normalized spacial score (nSPS) is 18.8. The van der Waals surface area contributed by atoms with Crippen molar-refractivity contribution in [3.63, 3.8) is 0 Å². The Kier molecular flexibility index (Phi) is 5.25. The molecular formula is C24H28N4O2. The van der Waals surface area contributed by atoms with Crippen molar-refractivity contribution in [2.45, 2.75) is 45.1 Å². The van der Waals surface area contributed by atoms with Crippen molar-refractivity contribution in [1.29, 1.82) is 0 Å². The molecule has 5 rings (SSSR count). The van der Waals surface area contributed by atoms with Crippen LogP contribution < -0.4 is 4.90 Å². The van der Waals surface area contributed by atoms with Gasteiger partial charge in [-0.3, -0.25) is 4.79 Å². The lowest BCUT2D eigenvalue weighted by Crippen LogP contribution is -2.46. The third-order valence-electron chi connectivity index (χ3n) is 6.48. The van der Waals surface area contributed by atoms with Crippen LogP contribution in [0.5, 0.6) is 0 Å². The summed E-state index contributed by atoms with van der Waals surface area (Å²) in [5, 5.41) is 0. The van der Waals surface area contributed by atoms with Gasteiger partial charge in [-0.15, -0.1) is 0 Å². The number of benzene rings is 1. The minimum absolute atomic E-state index is 0.0563. The molecule has 0 aliphatic carbocycles. The molecule has 156 valence electrons. The van der Waals surface area contributed by atoms with Gasteiger partial charge in [-0.1, -0.05) is 24.6 Å². The maximum atomic E-state index is 11.7. The Morgan fingerprint density at radius 2 is 1.83 bits per heavy atom. The van der Waals surface area contributed by atoms with Crippen LogP contribution in [-0.2, 0) is 0 Å². The van der Waals surface area contributed by atoms with Gasteiger partial charge in [0.25, 0.3) is 6.01 Å². The quantitative estimate of drug-likeness (QED) is 0.595. The van der Waals surface area contributed by atoms with Crippen molar-refractivity contribution >= 4 is 23.0 Å². The second kappa shape index (κ2) is 8.19. The minimum Gasteiger partial charge on any atom is -0.422 e. The largest absolute Gasteiger partial charge is 0.422 e. The molecule has 0 unspecified atom stereocenters. The molecule has 2 fully saturated rings. The van der Waals surface area contributed by atoms with E-state index in [0.29, 0.717) is 28.9 Å². The number of Topliss-reactive ketones (excluding diaryl/α,β-unsaturated/α-hetero) is 1. The molecule has 6 nitrogen and oxygen atoms in total. The molecule has 0 atom stereocenters. The number of nitrogens with zero attached hydrogens (tertiary/aromatic N) is 4. The van der Waals surface area contributed by atoms with Crippen LogP contribution in [0.4, 0.5) is 6.01 Å². The van der Waals surface area contributed by atoms with Crippen molar-refractivity contribution in [3.05, 3.63) is 42.1 Å². The molecule has 30 heavy (non-hydrogen) atoms. The monoisotopic (exact) mass is 404 g/mol. The van der Waals surface area contributed by atoms with Crippen LogP contribution in [0.2, 0.25) is 0 Å². The zero-order chi connectivity index (χ0) is 20.5. The maximum absolute atomic E-state index is 11.7. The number of pyridine rings is 1. The number of carbonyl (C=O) groups excluding carboxylic acids is 1. The SMILES string of the molecule is CC(=O)c1cccc(-c2cnc3nc(N4CCC(N5CCCCC5)CC4)oc3c2)c1. The van der Waals surface area contributed by atoms with E-state index in [2.05, 4.69) is 19.8 Å². The summed E-state index contributed by atoms with van der Waals surface area (Å²) in [6.45, 7) is 6.04. The van der Waals surface area contributed by atoms with Crippen molar-refractivity contribution in [2.24, 2.45) is 0 Å². The number of oxazole rings is 1. The van der Waals surface area contributed by atoms with E-state index in [1.165, 1.54) is 32.4 Å².